The molecule has 0 bridgehead atoms. The number of pyridine rings is 1. The largest absolute Gasteiger partial charge is 0.341 e. The number of nitrogens with zero attached hydrogens (tertiary/aromatic N) is 5. The van der Waals surface area contributed by atoms with Crippen molar-refractivity contribution in [3.05, 3.63) is 65.2 Å². The summed E-state index contributed by atoms with van der Waals surface area (Å²) in [6.45, 7) is 4.17. The first-order chi connectivity index (χ1) is 17.0. The van der Waals surface area contributed by atoms with Crippen LogP contribution in [0.5, 0.6) is 0 Å². The number of allylic oxidation sites excluding steroid dienone is 2. The molecule has 0 radical (unpaired) electrons. The number of rotatable bonds is 5. The second-order valence-corrected chi connectivity index (χ2v) is 9.52. The van der Waals surface area contributed by atoms with E-state index in [9.17, 15) is 9.59 Å². The molecule has 1 aromatic carbocycles. The molecule has 2 aromatic heterocycles. The van der Waals surface area contributed by atoms with Gasteiger partial charge >= 0.3 is 6.03 Å². The summed E-state index contributed by atoms with van der Waals surface area (Å²) in [5, 5.41) is 3.32. The molecule has 1 fully saturated rings. The molecule has 1 N–H and O–H groups in total. The van der Waals surface area contributed by atoms with Crippen LogP contribution in [-0.2, 0) is 23.3 Å². The summed E-state index contributed by atoms with van der Waals surface area (Å²) in [5.74, 6) is 0.872. The Hall–Kier alpha value is -3.39. The van der Waals surface area contributed by atoms with Crippen molar-refractivity contribution in [1.82, 2.24) is 24.8 Å². The van der Waals surface area contributed by atoms with Gasteiger partial charge in [-0.25, -0.2) is 9.78 Å². The van der Waals surface area contributed by atoms with E-state index < -0.39 is 5.41 Å². The van der Waals surface area contributed by atoms with Crippen molar-refractivity contribution in [3.63, 3.8) is 0 Å². The zero-order chi connectivity index (χ0) is 24.6. The summed E-state index contributed by atoms with van der Waals surface area (Å²) in [4.78, 5) is 39.0. The van der Waals surface area contributed by atoms with E-state index in [2.05, 4.69) is 20.9 Å². The predicted octanol–water partition coefficient (Wildman–Crippen LogP) is 4.27. The van der Waals surface area contributed by atoms with Crippen molar-refractivity contribution in [1.29, 1.82) is 0 Å². The number of anilines is 1. The third-order valence-electron chi connectivity index (χ3n) is 7.22. The molecule has 0 atom stereocenters. The highest BCUT2D eigenvalue weighted by Crippen LogP contribution is 2.48. The van der Waals surface area contributed by atoms with Crippen molar-refractivity contribution >= 4 is 40.3 Å². The zero-order valence-electron chi connectivity index (χ0n) is 20.0. The summed E-state index contributed by atoms with van der Waals surface area (Å²) in [6, 6.07) is 7.57. The first-order valence-electron chi connectivity index (χ1n) is 12.0. The van der Waals surface area contributed by atoms with Crippen molar-refractivity contribution in [2.75, 3.05) is 25.0 Å². The van der Waals surface area contributed by atoms with E-state index in [1.54, 1.807) is 24.3 Å². The van der Waals surface area contributed by atoms with Crippen LogP contribution in [0.2, 0.25) is 5.02 Å². The lowest BCUT2D eigenvalue weighted by Gasteiger charge is -2.38. The molecular formula is C26H29ClN6O2. The number of imidazole rings is 1. The first-order valence-corrected chi connectivity index (χ1v) is 12.4. The minimum Gasteiger partial charge on any atom is -0.341 e. The molecule has 3 aromatic rings. The number of piperidine rings is 1. The van der Waals surface area contributed by atoms with E-state index in [4.69, 9.17) is 16.6 Å². The van der Waals surface area contributed by atoms with Gasteiger partial charge < -0.3 is 19.7 Å². The zero-order valence-corrected chi connectivity index (χ0v) is 20.8. The van der Waals surface area contributed by atoms with Gasteiger partial charge in [-0.2, -0.15) is 0 Å². The third kappa shape index (κ3) is 3.95. The SMILES string of the molecule is C/C=C\CCn1c(CN2C(=O)C3(CCN(C(=O)NC)CC3)c3ccncc32)nc2cc(Cl)ccc21. The van der Waals surface area contributed by atoms with Crippen LogP contribution in [0.4, 0.5) is 10.5 Å². The number of benzene rings is 1. The van der Waals surface area contributed by atoms with Crippen LogP contribution in [0.1, 0.15) is 37.6 Å². The van der Waals surface area contributed by atoms with E-state index in [-0.39, 0.29) is 11.9 Å². The van der Waals surface area contributed by atoms with Crippen LogP contribution >= 0.6 is 11.6 Å². The van der Waals surface area contributed by atoms with Crippen molar-refractivity contribution in [2.45, 2.75) is 44.7 Å². The number of hydrogen-bond donors (Lipinski definition) is 1. The number of halogens is 1. The maximum absolute atomic E-state index is 14.0. The van der Waals surface area contributed by atoms with Crippen molar-refractivity contribution < 1.29 is 9.59 Å². The van der Waals surface area contributed by atoms with Crippen LogP contribution in [0.3, 0.4) is 0 Å². The highest BCUT2D eigenvalue weighted by Gasteiger charge is 2.52. The number of likely N-dealkylation sites (tertiary alicyclic amines) is 1. The molecule has 0 saturated carbocycles. The van der Waals surface area contributed by atoms with Crippen LogP contribution in [0.25, 0.3) is 11.0 Å². The molecule has 182 valence electrons. The van der Waals surface area contributed by atoms with E-state index in [0.29, 0.717) is 37.5 Å². The fourth-order valence-electron chi connectivity index (χ4n) is 5.41. The first kappa shape index (κ1) is 23.4. The van der Waals surface area contributed by atoms with Gasteiger partial charge in [-0.15, -0.1) is 0 Å². The van der Waals surface area contributed by atoms with E-state index in [1.165, 1.54) is 0 Å². The molecule has 2 aliphatic rings. The smallest absolute Gasteiger partial charge is 0.317 e. The number of nitrogens with one attached hydrogen (secondary N) is 1. The summed E-state index contributed by atoms with van der Waals surface area (Å²) in [5.41, 5.74) is 3.00. The molecular weight excluding hydrogens is 464 g/mol. The fourth-order valence-corrected chi connectivity index (χ4v) is 5.58. The van der Waals surface area contributed by atoms with E-state index in [1.807, 2.05) is 42.2 Å². The van der Waals surface area contributed by atoms with Crippen LogP contribution in [0.15, 0.2) is 48.8 Å². The molecule has 4 heterocycles. The van der Waals surface area contributed by atoms with Crippen LogP contribution < -0.4 is 10.2 Å². The molecule has 1 spiro atoms. The lowest BCUT2D eigenvalue weighted by molar-refractivity contribution is -0.124. The van der Waals surface area contributed by atoms with Gasteiger partial charge in [-0.3, -0.25) is 9.78 Å². The molecule has 35 heavy (non-hydrogen) atoms. The highest BCUT2D eigenvalue weighted by atomic mass is 35.5. The number of urea groups is 1. The number of hydrogen-bond acceptors (Lipinski definition) is 4. The summed E-state index contributed by atoms with van der Waals surface area (Å²) in [7, 11) is 1.63. The summed E-state index contributed by atoms with van der Waals surface area (Å²) in [6.07, 6.45) is 9.72. The molecule has 8 nitrogen and oxygen atoms in total. The van der Waals surface area contributed by atoms with Gasteiger partial charge in [0.2, 0.25) is 5.91 Å². The van der Waals surface area contributed by atoms with Gasteiger partial charge in [0.15, 0.2) is 0 Å². The lowest BCUT2D eigenvalue weighted by atomic mass is 9.74. The molecule has 9 heteroatoms. The minimum atomic E-state index is -0.645. The second kappa shape index (κ2) is 9.34. The average Bonchev–Trinajstić information content (AvgIpc) is 3.32. The van der Waals surface area contributed by atoms with Gasteiger partial charge in [0.25, 0.3) is 0 Å². The predicted molar refractivity (Wildman–Crippen MR) is 137 cm³/mol. The van der Waals surface area contributed by atoms with Crippen molar-refractivity contribution in [3.8, 4) is 0 Å². The topological polar surface area (TPSA) is 83.4 Å². The Bertz CT molecular complexity index is 1310. The summed E-state index contributed by atoms with van der Waals surface area (Å²) >= 11 is 6.24. The number of aryl methyl sites for hydroxylation is 1. The van der Waals surface area contributed by atoms with Crippen molar-refractivity contribution in [2.24, 2.45) is 0 Å². The van der Waals surface area contributed by atoms with Gasteiger partial charge in [0.05, 0.1) is 34.9 Å². The second-order valence-electron chi connectivity index (χ2n) is 9.08. The number of fused-ring (bicyclic) bond motifs is 3. The Balaban J connectivity index is 1.50. The third-order valence-corrected chi connectivity index (χ3v) is 7.46. The Morgan fingerprint density at radius 2 is 2.06 bits per heavy atom. The quantitative estimate of drug-likeness (QED) is 0.539. The van der Waals surface area contributed by atoms with Gasteiger partial charge in [-0.05, 0) is 56.0 Å². The van der Waals surface area contributed by atoms with Gasteiger partial charge in [0, 0.05) is 37.9 Å². The number of amides is 3. The molecule has 3 amide bonds. The molecule has 2 aliphatic heterocycles. The molecule has 0 aliphatic carbocycles. The number of aromatic nitrogens is 3. The Morgan fingerprint density at radius 1 is 1.26 bits per heavy atom. The molecule has 1 saturated heterocycles. The fraction of sp³-hybridized carbons (Fsp3) is 0.385. The molecule has 5 rings (SSSR count). The van der Waals surface area contributed by atoms with Gasteiger partial charge in [-0.1, -0.05) is 23.8 Å². The van der Waals surface area contributed by atoms with E-state index >= 15 is 0 Å². The van der Waals surface area contributed by atoms with Crippen LogP contribution in [0, 0.1) is 0 Å². The average molecular weight is 493 g/mol. The highest BCUT2D eigenvalue weighted by molar-refractivity contribution is 6.31. The van der Waals surface area contributed by atoms with Gasteiger partial charge in [0.1, 0.15) is 5.82 Å². The maximum Gasteiger partial charge on any atom is 0.317 e. The minimum absolute atomic E-state index is 0.0575. The Morgan fingerprint density at radius 3 is 2.80 bits per heavy atom. The lowest BCUT2D eigenvalue weighted by Crippen LogP contribution is -2.51. The van der Waals surface area contributed by atoms with E-state index in [0.717, 1.165) is 41.1 Å². The Labute approximate surface area is 209 Å². The monoisotopic (exact) mass is 492 g/mol. The maximum atomic E-state index is 14.0. The summed E-state index contributed by atoms with van der Waals surface area (Å²) < 4.78 is 2.17. The standard InChI is InChI=1S/C26H29ClN6O2/c1-3-4-5-12-32-21-7-6-18(27)15-20(21)30-23(32)17-33-22-16-29-11-8-19(22)26(24(33)34)9-13-31(14-10-26)25(35)28-2/h3-4,6-8,11,15-16H,5,9-10,12-14,17H2,1-2H3,(H,28,35)/b4-3-. The molecule has 0 unspecified atom stereocenters. The number of carbonyl (C=O) groups excluding carboxylic acids is 2. The Kier molecular flexibility index (Phi) is 6.23. The number of carbonyl (C=O) groups is 2. The van der Waals surface area contributed by atoms with Crippen LogP contribution in [-0.4, -0.2) is 51.5 Å². The normalized spacial score (nSPS) is 17.1.